The van der Waals surface area contributed by atoms with E-state index in [9.17, 15) is 4.79 Å². The molecule has 0 saturated heterocycles. The number of rotatable bonds is 6. The quantitative estimate of drug-likeness (QED) is 0.839. The lowest BCUT2D eigenvalue weighted by Crippen LogP contribution is -2.31. The number of primary amides is 1. The summed E-state index contributed by atoms with van der Waals surface area (Å²) < 4.78 is 2.00. The van der Waals surface area contributed by atoms with Crippen LogP contribution >= 0.6 is 0 Å². The minimum absolute atomic E-state index is 0.226. The lowest BCUT2D eigenvalue weighted by molar-refractivity contribution is -0.118. The molecule has 0 atom stereocenters. The molecule has 0 unspecified atom stereocenters. The summed E-state index contributed by atoms with van der Waals surface area (Å²) in [7, 11) is 0. The molecule has 2 rings (SSSR count). The second-order valence-corrected chi connectivity index (χ2v) is 4.99. The molecule has 0 spiro atoms. The maximum atomic E-state index is 10.8. The lowest BCUT2D eigenvalue weighted by atomic mass is 10.0. The Bertz CT molecular complexity index is 464. The maximum Gasteiger partial charge on any atom is 0.218 e. The van der Waals surface area contributed by atoms with Gasteiger partial charge in [-0.1, -0.05) is 13.0 Å². The topological polar surface area (TPSA) is 64.2 Å². The third-order valence-electron chi connectivity index (χ3n) is 3.42. The first-order chi connectivity index (χ1) is 9.19. The average molecular weight is 262 g/mol. The van der Waals surface area contributed by atoms with Crippen LogP contribution in [-0.4, -0.2) is 40.2 Å². The van der Waals surface area contributed by atoms with E-state index in [-0.39, 0.29) is 5.91 Å². The van der Waals surface area contributed by atoms with Crippen molar-refractivity contribution in [3.05, 3.63) is 24.0 Å². The Kier molecular flexibility index (Phi) is 4.74. The lowest BCUT2D eigenvalue weighted by Gasteiger charge is -2.25. The monoisotopic (exact) mass is 262 g/mol. The second kappa shape index (κ2) is 6.52. The smallest absolute Gasteiger partial charge is 0.218 e. The van der Waals surface area contributed by atoms with Crippen LogP contribution in [0.3, 0.4) is 0 Å². The van der Waals surface area contributed by atoms with Crippen LogP contribution in [0.2, 0.25) is 0 Å². The standard InChI is InChI=1S/C14H22N4O/c1-2-6-18-11-13(10-16-18)12-3-7-17(8-4-12)9-5-14(15)19/h3,10-11H,2,4-9H2,1H3,(H2,15,19). The van der Waals surface area contributed by atoms with Crippen molar-refractivity contribution in [1.82, 2.24) is 14.7 Å². The van der Waals surface area contributed by atoms with Gasteiger partial charge >= 0.3 is 0 Å². The number of carbonyl (C=O) groups is 1. The normalized spacial score (nSPS) is 16.4. The molecule has 19 heavy (non-hydrogen) atoms. The van der Waals surface area contributed by atoms with Crippen molar-refractivity contribution < 1.29 is 4.79 Å². The minimum Gasteiger partial charge on any atom is -0.370 e. The fourth-order valence-electron chi connectivity index (χ4n) is 2.33. The van der Waals surface area contributed by atoms with Gasteiger partial charge in [0.25, 0.3) is 0 Å². The van der Waals surface area contributed by atoms with E-state index in [2.05, 4.69) is 29.2 Å². The first-order valence-corrected chi connectivity index (χ1v) is 6.91. The molecular formula is C14H22N4O. The molecule has 5 heteroatoms. The van der Waals surface area contributed by atoms with Crippen LogP contribution in [-0.2, 0) is 11.3 Å². The van der Waals surface area contributed by atoms with Gasteiger partial charge in [0.05, 0.1) is 6.20 Å². The first kappa shape index (κ1) is 13.8. The Labute approximate surface area is 114 Å². The predicted molar refractivity (Wildman–Crippen MR) is 75.4 cm³/mol. The fraction of sp³-hybridized carbons (Fsp3) is 0.571. The zero-order valence-corrected chi connectivity index (χ0v) is 11.5. The summed E-state index contributed by atoms with van der Waals surface area (Å²) in [4.78, 5) is 13.0. The molecule has 0 bridgehead atoms. The van der Waals surface area contributed by atoms with E-state index in [4.69, 9.17) is 5.73 Å². The van der Waals surface area contributed by atoms with Crippen LogP contribution in [0.4, 0.5) is 0 Å². The molecule has 1 aromatic heterocycles. The van der Waals surface area contributed by atoms with Crippen molar-refractivity contribution in [3.8, 4) is 0 Å². The highest BCUT2D eigenvalue weighted by molar-refractivity contribution is 5.74. The van der Waals surface area contributed by atoms with Gasteiger partial charge in [0.15, 0.2) is 0 Å². The molecule has 0 fully saturated rings. The third kappa shape index (κ3) is 3.92. The molecule has 0 aromatic carbocycles. The van der Waals surface area contributed by atoms with Crippen LogP contribution in [0.5, 0.6) is 0 Å². The van der Waals surface area contributed by atoms with Crippen LogP contribution in [0.1, 0.15) is 31.7 Å². The summed E-state index contributed by atoms with van der Waals surface area (Å²) >= 11 is 0. The summed E-state index contributed by atoms with van der Waals surface area (Å²) in [5, 5.41) is 4.36. The SMILES string of the molecule is CCCn1cc(C2=CCN(CCC(N)=O)CC2)cn1. The molecule has 0 saturated carbocycles. The number of aryl methyl sites for hydroxylation is 1. The van der Waals surface area contributed by atoms with Gasteiger partial charge in [-0.15, -0.1) is 0 Å². The van der Waals surface area contributed by atoms with Gasteiger partial charge in [-0.25, -0.2) is 0 Å². The first-order valence-electron chi connectivity index (χ1n) is 6.91. The number of nitrogens with zero attached hydrogens (tertiary/aromatic N) is 3. The Balaban J connectivity index is 1.90. The number of hydrogen-bond acceptors (Lipinski definition) is 3. The zero-order chi connectivity index (χ0) is 13.7. The molecule has 0 aliphatic carbocycles. The summed E-state index contributed by atoms with van der Waals surface area (Å²) in [6, 6.07) is 0. The van der Waals surface area contributed by atoms with E-state index < -0.39 is 0 Å². The largest absolute Gasteiger partial charge is 0.370 e. The van der Waals surface area contributed by atoms with Crippen molar-refractivity contribution in [2.75, 3.05) is 19.6 Å². The summed E-state index contributed by atoms with van der Waals surface area (Å²) in [5.41, 5.74) is 7.75. The Morgan fingerprint density at radius 2 is 2.32 bits per heavy atom. The fourth-order valence-corrected chi connectivity index (χ4v) is 2.33. The zero-order valence-electron chi connectivity index (χ0n) is 11.5. The van der Waals surface area contributed by atoms with Gasteiger partial charge in [0.1, 0.15) is 0 Å². The molecule has 1 aromatic rings. The van der Waals surface area contributed by atoms with E-state index in [1.165, 1.54) is 11.1 Å². The van der Waals surface area contributed by atoms with Crippen molar-refractivity contribution in [2.45, 2.75) is 32.7 Å². The predicted octanol–water partition coefficient (Wildman–Crippen LogP) is 1.26. The molecule has 5 nitrogen and oxygen atoms in total. The van der Waals surface area contributed by atoms with E-state index in [0.717, 1.165) is 39.0 Å². The van der Waals surface area contributed by atoms with E-state index in [1.54, 1.807) is 0 Å². The Morgan fingerprint density at radius 3 is 2.95 bits per heavy atom. The highest BCUT2D eigenvalue weighted by atomic mass is 16.1. The number of nitrogens with two attached hydrogens (primary N) is 1. The van der Waals surface area contributed by atoms with Crippen molar-refractivity contribution in [3.63, 3.8) is 0 Å². The molecule has 104 valence electrons. The Hall–Kier alpha value is -1.62. The van der Waals surface area contributed by atoms with E-state index in [0.29, 0.717) is 6.42 Å². The highest BCUT2D eigenvalue weighted by Gasteiger charge is 2.14. The number of carbonyl (C=O) groups excluding carboxylic acids is 1. The van der Waals surface area contributed by atoms with Gasteiger partial charge in [0.2, 0.25) is 5.91 Å². The molecule has 2 N–H and O–H groups in total. The van der Waals surface area contributed by atoms with Gasteiger partial charge in [-0.2, -0.15) is 5.10 Å². The van der Waals surface area contributed by atoms with Crippen molar-refractivity contribution in [2.24, 2.45) is 5.73 Å². The molecule has 1 aliphatic rings. The molecule has 1 aliphatic heterocycles. The average Bonchev–Trinajstić information content (AvgIpc) is 2.86. The number of hydrogen-bond donors (Lipinski definition) is 1. The number of amides is 1. The molecular weight excluding hydrogens is 240 g/mol. The van der Waals surface area contributed by atoms with E-state index >= 15 is 0 Å². The van der Waals surface area contributed by atoms with Crippen molar-refractivity contribution >= 4 is 11.5 Å². The van der Waals surface area contributed by atoms with Crippen molar-refractivity contribution in [1.29, 1.82) is 0 Å². The third-order valence-corrected chi connectivity index (χ3v) is 3.42. The van der Waals surface area contributed by atoms with Crippen LogP contribution in [0, 0.1) is 0 Å². The summed E-state index contributed by atoms with van der Waals surface area (Å²) in [6.07, 6.45) is 8.85. The second-order valence-electron chi connectivity index (χ2n) is 4.99. The Morgan fingerprint density at radius 1 is 1.47 bits per heavy atom. The van der Waals surface area contributed by atoms with Crippen LogP contribution in [0.25, 0.3) is 5.57 Å². The van der Waals surface area contributed by atoms with Crippen LogP contribution in [0.15, 0.2) is 18.5 Å². The molecule has 1 amide bonds. The van der Waals surface area contributed by atoms with E-state index in [1.807, 2.05) is 10.9 Å². The maximum absolute atomic E-state index is 10.8. The van der Waals surface area contributed by atoms with Gasteiger partial charge in [0, 0.05) is 44.4 Å². The van der Waals surface area contributed by atoms with Gasteiger partial charge < -0.3 is 5.73 Å². The molecule has 0 radical (unpaired) electrons. The van der Waals surface area contributed by atoms with Crippen LogP contribution < -0.4 is 5.73 Å². The summed E-state index contributed by atoms with van der Waals surface area (Å²) in [6.45, 7) is 5.75. The highest BCUT2D eigenvalue weighted by Crippen LogP contribution is 2.21. The summed E-state index contributed by atoms with van der Waals surface area (Å²) in [5.74, 6) is -0.226. The van der Waals surface area contributed by atoms with Gasteiger partial charge in [-0.3, -0.25) is 14.4 Å². The number of aromatic nitrogens is 2. The van der Waals surface area contributed by atoms with Gasteiger partial charge in [-0.05, 0) is 18.4 Å². The minimum atomic E-state index is -0.226. The molecule has 2 heterocycles.